The molecule has 10 heteroatoms. The average Bonchev–Trinajstić information content (AvgIpc) is 3.03. The molecule has 0 aliphatic carbocycles. The number of aryl methyl sites for hydroxylation is 1. The highest BCUT2D eigenvalue weighted by molar-refractivity contribution is 7.92. The Morgan fingerprint density at radius 1 is 0.867 bits per heavy atom. The van der Waals surface area contributed by atoms with E-state index < -0.39 is 28.5 Å². The molecule has 0 aromatic heterocycles. The fourth-order valence-electron chi connectivity index (χ4n) is 4.90. The van der Waals surface area contributed by atoms with Gasteiger partial charge in [0.25, 0.3) is 10.0 Å². The maximum Gasteiger partial charge on any atom is 0.264 e. The number of halogens is 2. The Morgan fingerprint density at radius 3 is 2.11 bits per heavy atom. The molecule has 236 valence electrons. The maximum absolute atomic E-state index is 14.6. The van der Waals surface area contributed by atoms with Crippen LogP contribution in [0.15, 0.2) is 108 Å². The Hall–Kier alpha value is -3.85. The number of rotatable bonds is 13. The third kappa shape index (κ3) is 8.66. The van der Waals surface area contributed by atoms with E-state index in [1.54, 1.807) is 67.6 Å². The second kappa shape index (κ2) is 15.4. The molecule has 4 aromatic carbocycles. The first-order valence-electron chi connectivity index (χ1n) is 14.7. The molecule has 4 aromatic rings. The summed E-state index contributed by atoms with van der Waals surface area (Å²) < 4.78 is 29.3. The van der Waals surface area contributed by atoms with E-state index in [1.807, 2.05) is 44.2 Å². The van der Waals surface area contributed by atoms with E-state index in [0.29, 0.717) is 33.3 Å². The van der Waals surface area contributed by atoms with Crippen LogP contribution >= 0.6 is 23.2 Å². The van der Waals surface area contributed by atoms with Crippen LogP contribution in [0.2, 0.25) is 10.0 Å². The van der Waals surface area contributed by atoms with Crippen molar-refractivity contribution in [3.8, 4) is 0 Å². The highest BCUT2D eigenvalue weighted by Gasteiger charge is 2.35. The highest BCUT2D eigenvalue weighted by atomic mass is 35.5. The van der Waals surface area contributed by atoms with E-state index in [-0.39, 0.29) is 29.8 Å². The summed E-state index contributed by atoms with van der Waals surface area (Å²) in [4.78, 5) is 30.0. The minimum atomic E-state index is -4.18. The van der Waals surface area contributed by atoms with Crippen molar-refractivity contribution in [3.05, 3.63) is 130 Å². The van der Waals surface area contributed by atoms with Crippen molar-refractivity contribution < 1.29 is 18.0 Å². The molecule has 7 nitrogen and oxygen atoms in total. The van der Waals surface area contributed by atoms with Crippen molar-refractivity contribution in [2.45, 2.75) is 57.1 Å². The van der Waals surface area contributed by atoms with Crippen LogP contribution in [-0.4, -0.2) is 43.8 Å². The van der Waals surface area contributed by atoms with E-state index in [9.17, 15) is 18.0 Å². The molecule has 0 bridgehead atoms. The molecule has 2 amide bonds. The Bertz CT molecular complexity index is 1720. The zero-order chi connectivity index (χ0) is 32.6. The number of anilines is 1. The second-order valence-electron chi connectivity index (χ2n) is 10.9. The molecule has 0 aliphatic rings. The molecule has 0 fully saturated rings. The minimum absolute atomic E-state index is 0.0451. The van der Waals surface area contributed by atoms with E-state index >= 15 is 0 Å². The Kier molecular flexibility index (Phi) is 11.7. The van der Waals surface area contributed by atoms with Crippen molar-refractivity contribution in [1.29, 1.82) is 0 Å². The Labute approximate surface area is 275 Å². The Balaban J connectivity index is 1.83. The van der Waals surface area contributed by atoms with Gasteiger partial charge in [-0.3, -0.25) is 13.9 Å². The normalized spacial score (nSPS) is 12.6. The van der Waals surface area contributed by atoms with Crippen LogP contribution < -0.4 is 9.62 Å². The number of sulfonamides is 1. The summed E-state index contributed by atoms with van der Waals surface area (Å²) in [5.41, 5.74) is 2.45. The first-order chi connectivity index (χ1) is 21.5. The van der Waals surface area contributed by atoms with Gasteiger partial charge in [-0.2, -0.15) is 0 Å². The van der Waals surface area contributed by atoms with Gasteiger partial charge >= 0.3 is 0 Å². The van der Waals surface area contributed by atoms with E-state index in [4.69, 9.17) is 23.2 Å². The molecule has 45 heavy (non-hydrogen) atoms. The van der Waals surface area contributed by atoms with E-state index in [1.165, 1.54) is 17.0 Å². The van der Waals surface area contributed by atoms with Crippen LogP contribution in [0.3, 0.4) is 0 Å². The van der Waals surface area contributed by atoms with Gasteiger partial charge in [-0.25, -0.2) is 8.42 Å². The second-order valence-corrected chi connectivity index (χ2v) is 13.6. The van der Waals surface area contributed by atoms with Gasteiger partial charge in [0.1, 0.15) is 12.6 Å². The van der Waals surface area contributed by atoms with Crippen LogP contribution in [0.25, 0.3) is 0 Å². The lowest BCUT2D eigenvalue weighted by Gasteiger charge is -2.34. The van der Waals surface area contributed by atoms with Gasteiger partial charge in [-0.05, 0) is 67.3 Å². The van der Waals surface area contributed by atoms with Crippen LogP contribution in [0.4, 0.5) is 5.69 Å². The number of nitrogens with one attached hydrogen (secondary N) is 1. The number of nitrogens with zero attached hydrogens (tertiary/aromatic N) is 2. The quantitative estimate of drug-likeness (QED) is 0.166. The smallest absolute Gasteiger partial charge is 0.264 e. The monoisotopic (exact) mass is 665 g/mol. The number of carbonyl (C=O) groups excluding carboxylic acids is 2. The zero-order valence-electron chi connectivity index (χ0n) is 25.5. The summed E-state index contributed by atoms with van der Waals surface area (Å²) in [5.74, 6) is -0.913. The van der Waals surface area contributed by atoms with Crippen molar-refractivity contribution in [2.75, 3.05) is 10.8 Å². The number of amides is 2. The lowest BCUT2D eigenvalue weighted by molar-refractivity contribution is -0.140. The van der Waals surface area contributed by atoms with Gasteiger partial charge in [0.05, 0.1) is 10.6 Å². The van der Waals surface area contributed by atoms with Gasteiger partial charge in [0.15, 0.2) is 0 Å². The molecule has 0 saturated heterocycles. The van der Waals surface area contributed by atoms with E-state index in [2.05, 4.69) is 5.32 Å². The van der Waals surface area contributed by atoms with Crippen molar-refractivity contribution in [3.63, 3.8) is 0 Å². The number of para-hydroxylation sites is 1. The summed E-state index contributed by atoms with van der Waals surface area (Å²) in [6.07, 6.45) is 0.896. The van der Waals surface area contributed by atoms with Gasteiger partial charge in [-0.1, -0.05) is 103 Å². The fraction of sp³-hybridized carbons (Fsp3) is 0.257. The van der Waals surface area contributed by atoms with Crippen LogP contribution in [0.5, 0.6) is 0 Å². The number of carbonyl (C=O) groups is 2. The minimum Gasteiger partial charge on any atom is -0.352 e. The number of hydrogen-bond donors (Lipinski definition) is 1. The maximum atomic E-state index is 14.6. The predicted octanol–water partition coefficient (Wildman–Crippen LogP) is 7.05. The summed E-state index contributed by atoms with van der Waals surface area (Å²) in [7, 11) is -4.18. The van der Waals surface area contributed by atoms with Crippen molar-refractivity contribution >= 4 is 50.7 Å². The van der Waals surface area contributed by atoms with Crippen LogP contribution in [-0.2, 0) is 32.6 Å². The summed E-state index contributed by atoms with van der Waals surface area (Å²) in [6.45, 7) is 5.05. The fourth-order valence-corrected chi connectivity index (χ4v) is 6.87. The molecular formula is C35H37Cl2N3O4S. The van der Waals surface area contributed by atoms with Crippen LogP contribution in [0.1, 0.15) is 37.0 Å². The summed E-state index contributed by atoms with van der Waals surface area (Å²) in [5, 5.41) is 3.78. The standard InChI is InChI=1S/C35H37Cl2N3O4S/c1-4-26(3)38-35(42)33(21-27-14-7-5-8-15-27)39(23-28-19-20-29(36)22-31(28)37)34(41)24-40(32-18-12-11-13-25(32)2)45(43,44)30-16-9-6-10-17-30/h5-20,22,26,33H,4,21,23-24H2,1-3H3,(H,38,42). The average molecular weight is 667 g/mol. The third-order valence-corrected chi connectivity index (χ3v) is 9.98. The number of hydrogen-bond acceptors (Lipinski definition) is 4. The lowest BCUT2D eigenvalue weighted by Crippen LogP contribution is -2.54. The first kappa shape index (κ1) is 34.0. The zero-order valence-corrected chi connectivity index (χ0v) is 27.8. The Morgan fingerprint density at radius 2 is 1.49 bits per heavy atom. The third-order valence-electron chi connectivity index (χ3n) is 7.62. The van der Waals surface area contributed by atoms with Gasteiger partial charge in [0, 0.05) is 29.1 Å². The van der Waals surface area contributed by atoms with Crippen molar-refractivity contribution in [1.82, 2.24) is 10.2 Å². The largest absolute Gasteiger partial charge is 0.352 e. The van der Waals surface area contributed by atoms with Gasteiger partial charge in [-0.15, -0.1) is 0 Å². The summed E-state index contributed by atoms with van der Waals surface area (Å²) in [6, 6.07) is 28.2. The molecule has 0 heterocycles. The lowest BCUT2D eigenvalue weighted by atomic mass is 10.0. The molecule has 0 spiro atoms. The molecular weight excluding hydrogens is 629 g/mol. The highest BCUT2D eigenvalue weighted by Crippen LogP contribution is 2.29. The number of benzene rings is 4. The molecule has 0 aliphatic heterocycles. The molecule has 4 rings (SSSR count). The van der Waals surface area contributed by atoms with E-state index in [0.717, 1.165) is 9.87 Å². The van der Waals surface area contributed by atoms with Gasteiger partial charge < -0.3 is 10.2 Å². The van der Waals surface area contributed by atoms with Crippen LogP contribution in [0, 0.1) is 6.92 Å². The molecule has 2 unspecified atom stereocenters. The summed E-state index contributed by atoms with van der Waals surface area (Å²) >= 11 is 12.7. The predicted molar refractivity (Wildman–Crippen MR) is 181 cm³/mol. The first-order valence-corrected chi connectivity index (χ1v) is 16.9. The topological polar surface area (TPSA) is 86.8 Å². The SMILES string of the molecule is CCC(C)NC(=O)C(Cc1ccccc1)N(Cc1ccc(Cl)cc1Cl)C(=O)CN(c1ccccc1C)S(=O)(=O)c1ccccc1. The molecule has 0 radical (unpaired) electrons. The molecule has 1 N–H and O–H groups in total. The van der Waals surface area contributed by atoms with Gasteiger partial charge in [0.2, 0.25) is 11.8 Å². The van der Waals surface area contributed by atoms with Crippen molar-refractivity contribution in [2.24, 2.45) is 0 Å². The molecule has 2 atom stereocenters. The molecule has 0 saturated carbocycles.